The molecule has 0 fully saturated rings. The van der Waals surface area contributed by atoms with Crippen molar-refractivity contribution in [1.29, 1.82) is 0 Å². The number of amides is 8. The Labute approximate surface area is 624 Å². The smallest absolute Gasteiger partial charge is 0.261 e. The molecular weight excluding hydrogens is 1390 g/mol. The minimum absolute atomic E-state index is 0.101. The molecule has 0 saturated heterocycles. The Morgan fingerprint density at radius 2 is 0.394 bits per heavy atom. The molecule has 8 aromatic carbocycles. The molecule has 16 nitrogen and oxygen atoms in total. The summed E-state index contributed by atoms with van der Waals surface area (Å²) in [5.74, 6) is -0.676. The Morgan fingerprint density at radius 1 is 0.250 bits per heavy atom. The number of carbonyl (C=O) groups is 8. The van der Waals surface area contributed by atoms with Gasteiger partial charge in [-0.1, -0.05) is 179 Å². The summed E-state index contributed by atoms with van der Waals surface area (Å²) in [6.45, 7) is 26.8. The van der Waals surface area contributed by atoms with Crippen LogP contribution >= 0.6 is 47.0 Å². The van der Waals surface area contributed by atoms with E-state index in [0.29, 0.717) is 93.2 Å². The molecule has 5 aliphatic heterocycles. The second kappa shape index (κ2) is 29.1. The number of nitrogens with zero attached hydrogens (tertiary/aromatic N) is 4. The van der Waals surface area contributed by atoms with Gasteiger partial charge in [0.1, 0.15) is 23.0 Å². The maximum Gasteiger partial charge on any atom is 0.261 e. The van der Waals surface area contributed by atoms with Crippen LogP contribution in [0.25, 0.3) is 0 Å². The molecule has 0 aliphatic carbocycles. The fourth-order valence-electron chi connectivity index (χ4n) is 13.0. The Balaban J connectivity index is 0.975. The van der Waals surface area contributed by atoms with E-state index in [1.54, 1.807) is 97.1 Å². The highest BCUT2D eigenvalue weighted by Gasteiger charge is 2.40. The third kappa shape index (κ3) is 14.7. The number of hydrogen-bond acceptors (Lipinski definition) is 16. The lowest BCUT2D eigenvalue weighted by Gasteiger charge is -2.28. The fraction of sp³-hybridized carbons (Fsp3) is 0.333. The summed E-state index contributed by atoms with van der Waals surface area (Å²) in [6, 6.07) is 44.7. The molecule has 104 heavy (non-hydrogen) atoms. The van der Waals surface area contributed by atoms with E-state index in [9.17, 15) is 38.4 Å². The molecule has 0 spiro atoms. The standard InChI is InChI=1S/C84H84N4O12S4/c1-81(2,3)49-41-61-69(97-37-21-33-85-73(89)53-25-13-14-26-54(53)74(85)90)62(42-49)102-64-44-51(83(7,8)9)46-66(71(64)99-39-23-35-87-77(93)57-29-17-18-30-58(57)78(87)94)104-68-48-52(84(10,11)12)47-67(72(68)100-40-24-36-88-79(95)59-31-19-20-32-60(59)80(88)96)103-65-45-50(82(4,5)6)43-63(101-61)70(65)98-38-22-34-86-75(91)55-27-15-16-28-56(55)76(86)92/h13-20,25-32,41-48H,21-24,33-40H2,1-12H3. The predicted octanol–water partition coefficient (Wildman–Crippen LogP) is 18.1. The van der Waals surface area contributed by atoms with Crippen molar-refractivity contribution >= 4 is 94.3 Å². The topological polar surface area (TPSA) is 186 Å². The van der Waals surface area contributed by atoms with Crippen LogP contribution in [0.4, 0.5) is 0 Å². The van der Waals surface area contributed by atoms with Gasteiger partial charge in [-0.15, -0.1) is 0 Å². The summed E-state index contributed by atoms with van der Waals surface area (Å²) in [6.07, 6.45) is 1.19. The van der Waals surface area contributed by atoms with Gasteiger partial charge < -0.3 is 18.9 Å². The van der Waals surface area contributed by atoms with Crippen molar-refractivity contribution in [2.75, 3.05) is 52.6 Å². The Bertz CT molecular complexity index is 4030. The average molecular weight is 1470 g/mol. The molecule has 8 bridgehead atoms. The Morgan fingerprint density at radius 3 is 0.529 bits per heavy atom. The van der Waals surface area contributed by atoms with Crippen molar-refractivity contribution in [1.82, 2.24) is 19.6 Å². The molecular formula is C84H84N4O12S4. The van der Waals surface area contributed by atoms with Gasteiger partial charge in [0.05, 0.1) is 110 Å². The van der Waals surface area contributed by atoms with Crippen molar-refractivity contribution < 1.29 is 57.3 Å². The second-order valence-electron chi connectivity index (χ2n) is 30.7. The molecule has 0 atom stereocenters. The van der Waals surface area contributed by atoms with Crippen molar-refractivity contribution in [2.24, 2.45) is 0 Å². The van der Waals surface area contributed by atoms with Gasteiger partial charge in [0.25, 0.3) is 47.3 Å². The number of fused-ring (bicyclic) bond motifs is 12. The lowest BCUT2D eigenvalue weighted by atomic mass is 9.87. The zero-order chi connectivity index (χ0) is 73.9. The Hall–Kier alpha value is -9.08. The minimum Gasteiger partial charge on any atom is -0.491 e. The Kier molecular flexibility index (Phi) is 20.5. The molecule has 0 aromatic heterocycles. The van der Waals surface area contributed by atoms with Crippen LogP contribution in [0, 0.1) is 0 Å². The van der Waals surface area contributed by atoms with E-state index >= 15 is 0 Å². The molecule has 536 valence electrons. The number of rotatable bonds is 20. The van der Waals surface area contributed by atoms with Gasteiger partial charge in [-0.3, -0.25) is 58.0 Å². The molecule has 20 heteroatoms. The lowest BCUT2D eigenvalue weighted by Crippen LogP contribution is -2.31. The van der Waals surface area contributed by atoms with Crippen LogP contribution in [-0.4, -0.2) is 119 Å². The van der Waals surface area contributed by atoms with Gasteiger partial charge in [0.15, 0.2) is 0 Å². The van der Waals surface area contributed by atoms with E-state index in [2.05, 4.69) is 132 Å². The van der Waals surface area contributed by atoms with Crippen LogP contribution in [0.1, 0.15) is 214 Å². The summed E-state index contributed by atoms with van der Waals surface area (Å²) >= 11 is 5.96. The normalized spacial score (nSPS) is 15.1. The van der Waals surface area contributed by atoms with Crippen molar-refractivity contribution in [3.63, 3.8) is 0 Å². The van der Waals surface area contributed by atoms with Crippen molar-refractivity contribution in [3.05, 3.63) is 212 Å². The molecule has 0 saturated carbocycles. The van der Waals surface area contributed by atoms with E-state index < -0.39 is 21.7 Å². The van der Waals surface area contributed by atoms with Gasteiger partial charge in [-0.05, 0) is 167 Å². The van der Waals surface area contributed by atoms with E-state index in [1.807, 2.05) is 0 Å². The summed E-state index contributed by atoms with van der Waals surface area (Å²) in [7, 11) is 0. The molecule has 8 amide bonds. The number of hydrogen-bond donors (Lipinski definition) is 0. The number of imide groups is 4. The third-order valence-corrected chi connectivity index (χ3v) is 23.2. The maximum atomic E-state index is 13.8. The second-order valence-corrected chi connectivity index (χ2v) is 35.0. The molecule has 8 aromatic rings. The van der Waals surface area contributed by atoms with E-state index in [1.165, 1.54) is 66.6 Å². The molecule has 0 unspecified atom stereocenters. The zero-order valence-corrected chi connectivity index (χ0v) is 63.9. The summed E-state index contributed by atoms with van der Waals surface area (Å²) in [4.78, 5) is 122. The largest absolute Gasteiger partial charge is 0.491 e. The van der Waals surface area contributed by atoms with E-state index in [-0.39, 0.29) is 99.9 Å². The third-order valence-electron chi connectivity index (χ3n) is 19.0. The highest BCUT2D eigenvalue weighted by Crippen LogP contribution is 2.57. The monoisotopic (exact) mass is 1470 g/mol. The molecule has 13 rings (SSSR count). The van der Waals surface area contributed by atoms with Crippen LogP contribution in [0.15, 0.2) is 185 Å². The highest BCUT2D eigenvalue weighted by molar-refractivity contribution is 8.01. The van der Waals surface area contributed by atoms with Crippen LogP contribution in [0.3, 0.4) is 0 Å². The van der Waals surface area contributed by atoms with E-state index in [0.717, 1.165) is 61.4 Å². The quantitative estimate of drug-likeness (QED) is 0.0517. The zero-order valence-electron chi connectivity index (χ0n) is 60.7. The number of ether oxygens (including phenoxy) is 4. The first-order valence-electron chi connectivity index (χ1n) is 35.2. The van der Waals surface area contributed by atoms with Crippen LogP contribution in [0.5, 0.6) is 23.0 Å². The first kappa shape index (κ1) is 73.2. The molecule has 0 radical (unpaired) electrons. The number of carbonyl (C=O) groups excluding carboxylic acids is 8. The van der Waals surface area contributed by atoms with Crippen molar-refractivity contribution in [3.8, 4) is 23.0 Å². The first-order chi connectivity index (χ1) is 49.4. The maximum absolute atomic E-state index is 13.8. The van der Waals surface area contributed by atoms with Gasteiger partial charge in [0, 0.05) is 26.2 Å². The first-order valence-corrected chi connectivity index (χ1v) is 38.5. The molecule has 5 aliphatic rings. The van der Waals surface area contributed by atoms with Gasteiger partial charge in [-0.25, -0.2) is 0 Å². The summed E-state index contributed by atoms with van der Waals surface area (Å²) < 4.78 is 28.9. The summed E-state index contributed by atoms with van der Waals surface area (Å²) in [5, 5.41) is 0. The van der Waals surface area contributed by atoms with Gasteiger partial charge >= 0.3 is 0 Å². The van der Waals surface area contributed by atoms with Crippen LogP contribution in [-0.2, 0) is 21.7 Å². The molecule has 0 N–H and O–H groups in total. The SMILES string of the molecule is CC(C)(C)c1cc2c(OCCCN3C(=O)c4ccccc4C3=O)c(c1)Sc1cc(C(C)(C)C)cc(c1OCCCN1C(=O)c3ccccc3C1=O)Sc1cc(C(C)(C)C)cc(c1OCCCN1C(=O)c3ccccc3C1=O)Sc1cc(C(C)(C)C)cc(c1OCCCN1C(=O)c3ccccc3C1=O)S2. The highest BCUT2D eigenvalue weighted by atomic mass is 32.2. The fourth-order valence-corrected chi connectivity index (χ4v) is 17.8. The van der Waals surface area contributed by atoms with Gasteiger partial charge in [0.2, 0.25) is 0 Å². The summed E-state index contributed by atoms with van der Waals surface area (Å²) in [5.41, 5.74) is 5.16. The average Bonchev–Trinajstić information content (AvgIpc) is 1.39. The van der Waals surface area contributed by atoms with E-state index in [4.69, 9.17) is 18.9 Å². The van der Waals surface area contributed by atoms with Crippen molar-refractivity contribution in [2.45, 2.75) is 170 Å². The van der Waals surface area contributed by atoms with Crippen LogP contribution in [0.2, 0.25) is 0 Å². The van der Waals surface area contributed by atoms with Gasteiger partial charge in [-0.2, -0.15) is 0 Å². The predicted molar refractivity (Wildman–Crippen MR) is 405 cm³/mol. The minimum atomic E-state index is -0.431. The van der Waals surface area contributed by atoms with Crippen LogP contribution < -0.4 is 18.9 Å². The molecule has 5 heterocycles. The number of benzene rings is 8. The lowest BCUT2D eigenvalue weighted by molar-refractivity contribution is 0.0630.